The molecule has 166 valence electrons. The Labute approximate surface area is 192 Å². The first kappa shape index (κ1) is 22.4. The maximum atomic E-state index is 14.3. The molecule has 2 aromatic heterocycles. The summed E-state index contributed by atoms with van der Waals surface area (Å²) in [5.74, 6) is -3.27. The van der Waals surface area contributed by atoms with Gasteiger partial charge < -0.3 is 10.1 Å². The van der Waals surface area contributed by atoms with Crippen LogP contribution in [0.25, 0.3) is 17.0 Å². The fourth-order valence-corrected chi connectivity index (χ4v) is 3.96. The molecule has 3 aromatic rings. The molecule has 33 heavy (non-hydrogen) atoms. The lowest BCUT2D eigenvalue weighted by Gasteiger charge is -2.12. The van der Waals surface area contributed by atoms with Gasteiger partial charge in [-0.3, -0.25) is 19.8 Å². The van der Waals surface area contributed by atoms with Crippen molar-refractivity contribution in [3.05, 3.63) is 70.5 Å². The van der Waals surface area contributed by atoms with Crippen molar-refractivity contribution in [2.24, 2.45) is 4.99 Å². The zero-order valence-electron chi connectivity index (χ0n) is 17.4. The Morgan fingerprint density at radius 2 is 2.15 bits per heavy atom. The number of thioether (sulfide) groups is 1. The highest BCUT2D eigenvalue weighted by Gasteiger charge is 2.34. The van der Waals surface area contributed by atoms with Gasteiger partial charge in [0, 0.05) is 17.8 Å². The first-order chi connectivity index (χ1) is 15.9. The second-order valence-electron chi connectivity index (χ2n) is 6.93. The van der Waals surface area contributed by atoms with Gasteiger partial charge in [-0.2, -0.15) is 14.0 Å². The van der Waals surface area contributed by atoms with Crippen LogP contribution < -0.4 is 10.1 Å². The molecule has 3 heterocycles. The maximum Gasteiger partial charge on any atom is 0.308 e. The number of pyridine rings is 2. The van der Waals surface area contributed by atoms with E-state index < -0.39 is 18.4 Å². The van der Waals surface area contributed by atoms with Crippen LogP contribution in [0.1, 0.15) is 23.7 Å². The van der Waals surface area contributed by atoms with Gasteiger partial charge in [-0.25, -0.2) is 0 Å². The summed E-state index contributed by atoms with van der Waals surface area (Å²) >= 11 is 0.974. The van der Waals surface area contributed by atoms with E-state index in [2.05, 4.69) is 26.3 Å². The number of amides is 1. The number of halogens is 2. The predicted octanol–water partition coefficient (Wildman–Crippen LogP) is 4.25. The Hall–Kier alpha value is -3.84. The number of benzene rings is 1. The lowest BCUT2D eigenvalue weighted by atomic mass is 10.1. The molecule has 0 bridgehead atoms. The molecule has 10 heteroatoms. The highest BCUT2D eigenvalue weighted by molar-refractivity contribution is 8.18. The zero-order chi connectivity index (χ0) is 23.4. The van der Waals surface area contributed by atoms with Gasteiger partial charge in [0.1, 0.15) is 29.6 Å². The van der Waals surface area contributed by atoms with E-state index in [4.69, 9.17) is 4.74 Å². The third-order valence-electron chi connectivity index (χ3n) is 4.66. The van der Waals surface area contributed by atoms with Crippen LogP contribution in [0.3, 0.4) is 0 Å². The number of ether oxygens (including phenoxy) is 1. The molecule has 0 spiro atoms. The van der Waals surface area contributed by atoms with E-state index in [1.165, 1.54) is 24.5 Å². The largest absolute Gasteiger partial charge is 0.492 e. The molecular formula is C23H17F2N5O2S. The van der Waals surface area contributed by atoms with Gasteiger partial charge in [-0.05, 0) is 54.6 Å². The van der Waals surface area contributed by atoms with Gasteiger partial charge in [0.15, 0.2) is 5.17 Å². The summed E-state index contributed by atoms with van der Waals surface area (Å²) in [7, 11) is 0. The Kier molecular flexibility index (Phi) is 6.33. The van der Waals surface area contributed by atoms with Crippen molar-refractivity contribution in [1.29, 1.82) is 5.26 Å². The van der Waals surface area contributed by atoms with Crippen LogP contribution in [0, 0.1) is 11.3 Å². The van der Waals surface area contributed by atoms with Gasteiger partial charge in [-0.15, -0.1) is 0 Å². The minimum absolute atomic E-state index is 0.0890. The molecule has 0 radical (unpaired) electrons. The Bertz CT molecular complexity index is 1320. The summed E-state index contributed by atoms with van der Waals surface area (Å²) in [4.78, 5) is 24.5. The van der Waals surface area contributed by atoms with Crippen molar-refractivity contribution in [3.63, 3.8) is 0 Å². The van der Waals surface area contributed by atoms with E-state index in [0.717, 1.165) is 11.8 Å². The van der Waals surface area contributed by atoms with Crippen LogP contribution in [-0.2, 0) is 10.7 Å². The zero-order valence-corrected chi connectivity index (χ0v) is 18.2. The monoisotopic (exact) mass is 465 g/mol. The van der Waals surface area contributed by atoms with Crippen molar-refractivity contribution in [1.82, 2.24) is 15.3 Å². The lowest BCUT2D eigenvalue weighted by molar-refractivity contribution is -0.115. The summed E-state index contributed by atoms with van der Waals surface area (Å²) in [6.45, 7) is 1.35. The second-order valence-corrected chi connectivity index (χ2v) is 7.96. The number of carbonyl (C=O) groups excluding carboxylic acids is 1. The number of amidine groups is 1. The molecule has 0 atom stereocenters. The molecule has 0 unspecified atom stereocenters. The smallest absolute Gasteiger partial charge is 0.308 e. The van der Waals surface area contributed by atoms with Crippen molar-refractivity contribution >= 4 is 39.8 Å². The quantitative estimate of drug-likeness (QED) is 0.546. The van der Waals surface area contributed by atoms with Gasteiger partial charge in [0.05, 0.1) is 17.0 Å². The highest BCUT2D eigenvalue weighted by Crippen LogP contribution is 2.32. The van der Waals surface area contributed by atoms with Gasteiger partial charge in [0.25, 0.3) is 5.91 Å². The number of rotatable bonds is 6. The minimum atomic E-state index is -3.26. The molecule has 1 fully saturated rings. The van der Waals surface area contributed by atoms with Crippen molar-refractivity contribution in [2.45, 2.75) is 12.8 Å². The molecule has 0 saturated carbocycles. The SMILES string of the molecule is CCOc1c(C#N)cnc2ccc(/C=C3\SC(=NCC(F)(F)c4ccccn4)NC3=O)cc12. The van der Waals surface area contributed by atoms with E-state index >= 15 is 0 Å². The second kappa shape index (κ2) is 9.34. The van der Waals surface area contributed by atoms with Crippen molar-refractivity contribution < 1.29 is 18.3 Å². The first-order valence-corrected chi connectivity index (χ1v) is 10.7. The summed E-state index contributed by atoms with van der Waals surface area (Å²) in [6.07, 6.45) is 4.36. The molecular weight excluding hydrogens is 448 g/mol. The number of aromatic nitrogens is 2. The number of carbonyl (C=O) groups is 1. The van der Waals surface area contributed by atoms with Gasteiger partial charge in [0.2, 0.25) is 0 Å². The van der Waals surface area contributed by atoms with E-state index in [1.54, 1.807) is 30.3 Å². The Morgan fingerprint density at radius 3 is 2.88 bits per heavy atom. The molecule has 1 aromatic carbocycles. The number of nitrogens with one attached hydrogen (secondary N) is 1. The average molecular weight is 465 g/mol. The van der Waals surface area contributed by atoms with E-state index in [1.807, 2.05) is 6.92 Å². The maximum absolute atomic E-state index is 14.3. The molecule has 7 nitrogen and oxygen atoms in total. The third kappa shape index (κ3) is 4.83. The third-order valence-corrected chi connectivity index (χ3v) is 5.61. The number of hydrogen-bond donors (Lipinski definition) is 1. The minimum Gasteiger partial charge on any atom is -0.492 e. The van der Waals surface area contributed by atoms with E-state index in [0.29, 0.717) is 39.3 Å². The summed E-state index contributed by atoms with van der Waals surface area (Å²) < 4.78 is 34.3. The summed E-state index contributed by atoms with van der Waals surface area (Å²) in [5, 5.41) is 12.6. The van der Waals surface area contributed by atoms with Crippen molar-refractivity contribution in [3.8, 4) is 11.8 Å². The number of alkyl halides is 2. The highest BCUT2D eigenvalue weighted by atomic mass is 32.2. The van der Waals surface area contributed by atoms with Crippen LogP contribution in [-0.4, -0.2) is 34.2 Å². The molecule has 1 aliphatic heterocycles. The Balaban J connectivity index is 1.58. The van der Waals surface area contributed by atoms with Crippen LogP contribution in [0.15, 0.2) is 58.7 Å². The topological polar surface area (TPSA) is 100 Å². The average Bonchev–Trinajstić information content (AvgIpc) is 3.18. The predicted molar refractivity (Wildman–Crippen MR) is 122 cm³/mol. The Morgan fingerprint density at radius 1 is 1.30 bits per heavy atom. The first-order valence-electron chi connectivity index (χ1n) is 9.91. The summed E-state index contributed by atoms with van der Waals surface area (Å²) in [6, 6.07) is 11.6. The number of aliphatic imine (C=N–C) groups is 1. The van der Waals surface area contributed by atoms with Gasteiger partial charge in [-0.1, -0.05) is 12.1 Å². The normalized spacial score (nSPS) is 16.2. The van der Waals surface area contributed by atoms with Crippen molar-refractivity contribution in [2.75, 3.05) is 13.2 Å². The molecule has 1 aliphatic rings. The molecule has 1 N–H and O–H groups in total. The van der Waals surface area contributed by atoms with E-state index in [9.17, 15) is 18.8 Å². The van der Waals surface area contributed by atoms with Crippen LogP contribution in [0.2, 0.25) is 0 Å². The molecule has 1 saturated heterocycles. The number of nitrogens with zero attached hydrogens (tertiary/aromatic N) is 4. The molecule has 0 aliphatic carbocycles. The summed E-state index contributed by atoms with van der Waals surface area (Å²) in [5.41, 5.74) is 1.23. The lowest BCUT2D eigenvalue weighted by Crippen LogP contribution is -2.24. The molecule has 1 amide bonds. The van der Waals surface area contributed by atoms with Crippen LogP contribution in [0.5, 0.6) is 5.75 Å². The standard InChI is InChI=1S/C23H17F2N5O2S/c1-2-32-20-15(11-26)12-28-17-7-6-14(9-16(17)20)10-18-21(31)30-22(33-18)29-13-23(24,25)19-5-3-4-8-27-19/h3-10,12H,2,13H2,1H3,(H,29,30,31)/b18-10-. The van der Waals surface area contributed by atoms with Gasteiger partial charge >= 0.3 is 5.92 Å². The fraction of sp³-hybridized carbons (Fsp3) is 0.174. The number of fused-ring (bicyclic) bond motifs is 1. The van der Waals surface area contributed by atoms with E-state index in [-0.39, 0.29) is 10.9 Å². The fourth-order valence-electron chi connectivity index (χ4n) is 3.14. The number of hydrogen-bond acceptors (Lipinski definition) is 7. The molecule has 4 rings (SSSR count). The van der Waals surface area contributed by atoms with Crippen LogP contribution >= 0.6 is 11.8 Å². The number of nitriles is 1. The van der Waals surface area contributed by atoms with Crippen LogP contribution in [0.4, 0.5) is 8.78 Å².